The van der Waals surface area contributed by atoms with Gasteiger partial charge < -0.3 is 24.6 Å². The molecular weight excluding hydrogens is 382 g/mol. The molecule has 2 amide bonds. The lowest BCUT2D eigenvalue weighted by Gasteiger charge is -2.28. The maximum absolute atomic E-state index is 12.7. The molecule has 1 atom stereocenters. The van der Waals surface area contributed by atoms with E-state index in [1.165, 1.54) is 7.11 Å². The van der Waals surface area contributed by atoms with Gasteiger partial charge in [0.1, 0.15) is 6.61 Å². The van der Waals surface area contributed by atoms with Gasteiger partial charge >= 0.3 is 0 Å². The maximum atomic E-state index is 12.7. The van der Waals surface area contributed by atoms with Gasteiger partial charge in [0.15, 0.2) is 0 Å². The van der Waals surface area contributed by atoms with E-state index < -0.39 is 0 Å². The summed E-state index contributed by atoms with van der Waals surface area (Å²) in [5.41, 5.74) is 2.80. The predicted octanol–water partition coefficient (Wildman–Crippen LogP) is 3.04. The zero-order valence-corrected chi connectivity index (χ0v) is 18.5. The monoisotopic (exact) mass is 417 g/mol. The lowest BCUT2D eigenvalue weighted by molar-refractivity contribution is -0.137. The minimum Gasteiger partial charge on any atom is -0.377 e. The fourth-order valence-corrected chi connectivity index (χ4v) is 4.37. The molecule has 0 bridgehead atoms. The summed E-state index contributed by atoms with van der Waals surface area (Å²) >= 11 is 0. The van der Waals surface area contributed by atoms with E-state index >= 15 is 0 Å². The third kappa shape index (κ3) is 5.95. The van der Waals surface area contributed by atoms with Gasteiger partial charge in [-0.1, -0.05) is 12.8 Å². The molecule has 0 spiro atoms. The quantitative estimate of drug-likeness (QED) is 0.669. The highest BCUT2D eigenvalue weighted by molar-refractivity contribution is 5.93. The van der Waals surface area contributed by atoms with Crippen molar-refractivity contribution < 1.29 is 19.1 Å². The standard InChI is InChI=1S/C23H35N3O4/c1-25(2)21-11-10-19(24-23(28)17-7-4-5-8-17)13-18(21)14-26(22(27)16-29-3)15-20-9-6-12-30-20/h10-11,13,17,20H,4-9,12,14-16H2,1-3H3,(H,24,28)/t20-/m1/s1. The number of nitrogens with zero attached hydrogens (tertiary/aromatic N) is 2. The average molecular weight is 418 g/mol. The Labute approximate surface area is 179 Å². The van der Waals surface area contributed by atoms with E-state index in [-0.39, 0.29) is 30.4 Å². The molecule has 30 heavy (non-hydrogen) atoms. The largest absolute Gasteiger partial charge is 0.377 e. The minimum atomic E-state index is -0.0573. The number of methoxy groups -OCH3 is 1. The Kier molecular flexibility index (Phi) is 8.10. The summed E-state index contributed by atoms with van der Waals surface area (Å²) in [6.07, 6.45) is 6.26. The summed E-state index contributed by atoms with van der Waals surface area (Å²) < 4.78 is 10.9. The van der Waals surface area contributed by atoms with Gasteiger partial charge in [-0.25, -0.2) is 0 Å². The Morgan fingerprint density at radius 2 is 1.93 bits per heavy atom. The Bertz CT molecular complexity index is 725. The van der Waals surface area contributed by atoms with Crippen LogP contribution in [0.1, 0.15) is 44.1 Å². The molecule has 2 fully saturated rings. The highest BCUT2D eigenvalue weighted by atomic mass is 16.5. The minimum absolute atomic E-state index is 0.0438. The summed E-state index contributed by atoms with van der Waals surface area (Å²) in [5, 5.41) is 3.08. The number of nitrogens with one attached hydrogen (secondary N) is 1. The predicted molar refractivity (Wildman–Crippen MR) is 118 cm³/mol. The van der Waals surface area contributed by atoms with Crippen LogP contribution in [0.4, 0.5) is 11.4 Å². The molecule has 7 nitrogen and oxygen atoms in total. The van der Waals surface area contributed by atoms with Gasteiger partial charge in [0, 0.05) is 58.2 Å². The fourth-order valence-electron chi connectivity index (χ4n) is 4.37. The number of carbonyl (C=O) groups excluding carboxylic acids is 2. The number of anilines is 2. The molecule has 1 aliphatic heterocycles. The van der Waals surface area contributed by atoms with Crippen molar-refractivity contribution in [1.29, 1.82) is 0 Å². The Hall–Kier alpha value is -2.12. The van der Waals surface area contributed by atoms with E-state index in [0.29, 0.717) is 13.1 Å². The lowest BCUT2D eigenvalue weighted by Crippen LogP contribution is -2.39. The van der Waals surface area contributed by atoms with E-state index in [1.54, 1.807) is 0 Å². The molecule has 1 saturated heterocycles. The molecule has 166 valence electrons. The number of ether oxygens (including phenoxy) is 2. The van der Waals surface area contributed by atoms with Gasteiger partial charge in [-0.2, -0.15) is 0 Å². The third-order valence-electron chi connectivity index (χ3n) is 5.98. The number of benzene rings is 1. The fraction of sp³-hybridized carbons (Fsp3) is 0.652. The van der Waals surface area contributed by atoms with Crippen molar-refractivity contribution in [2.75, 3.05) is 51.2 Å². The summed E-state index contributed by atoms with van der Waals surface area (Å²) in [6, 6.07) is 5.93. The maximum Gasteiger partial charge on any atom is 0.248 e. The average Bonchev–Trinajstić information content (AvgIpc) is 3.42. The first kappa shape index (κ1) is 22.6. The lowest BCUT2D eigenvalue weighted by atomic mass is 10.1. The van der Waals surface area contributed by atoms with Gasteiger partial charge in [-0.05, 0) is 49.4 Å². The van der Waals surface area contributed by atoms with Crippen LogP contribution < -0.4 is 10.2 Å². The highest BCUT2D eigenvalue weighted by Crippen LogP contribution is 2.28. The normalized spacial score (nSPS) is 19.1. The van der Waals surface area contributed by atoms with Crippen LogP contribution in [0.5, 0.6) is 0 Å². The molecule has 1 aromatic rings. The van der Waals surface area contributed by atoms with Crippen molar-refractivity contribution in [3.8, 4) is 0 Å². The first-order valence-electron chi connectivity index (χ1n) is 11.0. The van der Waals surface area contributed by atoms with E-state index in [4.69, 9.17) is 9.47 Å². The summed E-state index contributed by atoms with van der Waals surface area (Å²) in [4.78, 5) is 29.1. The zero-order valence-electron chi connectivity index (χ0n) is 18.5. The van der Waals surface area contributed by atoms with Crippen LogP contribution in [0.2, 0.25) is 0 Å². The molecule has 1 aromatic carbocycles. The molecule has 1 aliphatic carbocycles. The molecule has 2 aliphatic rings. The summed E-state index contributed by atoms with van der Waals surface area (Å²) in [7, 11) is 5.50. The Morgan fingerprint density at radius 3 is 2.57 bits per heavy atom. The second kappa shape index (κ2) is 10.8. The molecule has 1 heterocycles. The number of carbonyl (C=O) groups is 2. The molecular formula is C23H35N3O4. The summed E-state index contributed by atoms with van der Waals surface area (Å²) in [5.74, 6) is 0.155. The molecule has 1 N–H and O–H groups in total. The first-order valence-corrected chi connectivity index (χ1v) is 11.0. The smallest absolute Gasteiger partial charge is 0.248 e. The SMILES string of the molecule is COCC(=O)N(Cc1cc(NC(=O)C2CCCC2)ccc1N(C)C)C[C@H]1CCCO1. The van der Waals surface area contributed by atoms with Crippen LogP contribution in [0, 0.1) is 5.92 Å². The topological polar surface area (TPSA) is 71.1 Å². The van der Waals surface area contributed by atoms with Crippen molar-refractivity contribution in [3.63, 3.8) is 0 Å². The first-order chi connectivity index (χ1) is 14.5. The second-order valence-corrected chi connectivity index (χ2v) is 8.55. The van der Waals surface area contributed by atoms with E-state index in [9.17, 15) is 9.59 Å². The van der Waals surface area contributed by atoms with Crippen molar-refractivity contribution >= 4 is 23.2 Å². The second-order valence-electron chi connectivity index (χ2n) is 8.55. The summed E-state index contributed by atoms with van der Waals surface area (Å²) in [6.45, 7) is 1.79. The highest BCUT2D eigenvalue weighted by Gasteiger charge is 2.25. The molecule has 7 heteroatoms. The van der Waals surface area contributed by atoms with E-state index in [2.05, 4.69) is 5.32 Å². The van der Waals surface area contributed by atoms with Crippen molar-refractivity contribution in [2.24, 2.45) is 5.92 Å². The van der Waals surface area contributed by atoms with Crippen molar-refractivity contribution in [2.45, 2.75) is 51.2 Å². The number of hydrogen-bond donors (Lipinski definition) is 1. The Balaban J connectivity index is 1.78. The van der Waals surface area contributed by atoms with Crippen LogP contribution in [0.3, 0.4) is 0 Å². The van der Waals surface area contributed by atoms with E-state index in [1.807, 2.05) is 42.1 Å². The van der Waals surface area contributed by atoms with Crippen LogP contribution in [0.25, 0.3) is 0 Å². The van der Waals surface area contributed by atoms with Gasteiger partial charge in [-0.15, -0.1) is 0 Å². The number of amides is 2. The van der Waals surface area contributed by atoms with Crippen LogP contribution in [-0.4, -0.2) is 63.8 Å². The van der Waals surface area contributed by atoms with Gasteiger partial charge in [-0.3, -0.25) is 9.59 Å². The van der Waals surface area contributed by atoms with Crippen LogP contribution in [0.15, 0.2) is 18.2 Å². The molecule has 0 radical (unpaired) electrons. The molecule has 3 rings (SSSR count). The van der Waals surface area contributed by atoms with Gasteiger partial charge in [0.2, 0.25) is 11.8 Å². The van der Waals surface area contributed by atoms with Crippen LogP contribution in [-0.2, 0) is 25.6 Å². The van der Waals surface area contributed by atoms with Gasteiger partial charge in [0.25, 0.3) is 0 Å². The van der Waals surface area contributed by atoms with Crippen LogP contribution >= 0.6 is 0 Å². The Morgan fingerprint density at radius 1 is 1.17 bits per heavy atom. The third-order valence-corrected chi connectivity index (χ3v) is 5.98. The van der Waals surface area contributed by atoms with Gasteiger partial charge in [0.05, 0.1) is 6.10 Å². The number of rotatable bonds is 9. The molecule has 1 saturated carbocycles. The molecule has 0 unspecified atom stereocenters. The van der Waals surface area contributed by atoms with Crippen molar-refractivity contribution in [3.05, 3.63) is 23.8 Å². The van der Waals surface area contributed by atoms with Crippen molar-refractivity contribution in [1.82, 2.24) is 4.90 Å². The van der Waals surface area contributed by atoms with E-state index in [0.717, 1.165) is 62.1 Å². The number of hydrogen-bond acceptors (Lipinski definition) is 5. The zero-order chi connectivity index (χ0) is 21.5. The molecule has 0 aromatic heterocycles.